The molecule has 1 aromatic carbocycles. The van der Waals surface area contributed by atoms with Crippen molar-refractivity contribution in [3.63, 3.8) is 0 Å². The zero-order valence-corrected chi connectivity index (χ0v) is 21.9. The van der Waals surface area contributed by atoms with Crippen LogP contribution in [0.1, 0.15) is 42.4 Å². The lowest BCUT2D eigenvalue weighted by Gasteiger charge is -2.28. The van der Waals surface area contributed by atoms with E-state index in [9.17, 15) is 22.4 Å². The fourth-order valence-electron chi connectivity index (χ4n) is 4.38. The van der Waals surface area contributed by atoms with Crippen LogP contribution in [-0.2, 0) is 12.0 Å². The van der Waals surface area contributed by atoms with Crippen LogP contribution in [0, 0.1) is 5.82 Å². The summed E-state index contributed by atoms with van der Waals surface area (Å²) in [5.74, 6) is -0.971. The third-order valence-electron chi connectivity index (χ3n) is 7.03. The number of hydrogen-bond donors (Lipinski definition) is 3. The number of nitrogens with one attached hydrogen (secondary N) is 2. The third kappa shape index (κ3) is 4.55. The van der Waals surface area contributed by atoms with E-state index in [0.29, 0.717) is 27.9 Å². The topological polar surface area (TPSA) is 124 Å². The fourth-order valence-corrected chi connectivity index (χ4v) is 4.38. The molecule has 0 aliphatic carbocycles. The number of nitrogens with two attached hydrogens (primary N) is 1. The molecule has 40 heavy (non-hydrogen) atoms. The third-order valence-corrected chi connectivity index (χ3v) is 7.03. The van der Waals surface area contributed by atoms with Gasteiger partial charge in [0.25, 0.3) is 5.91 Å². The molecule has 5 rings (SSSR count). The van der Waals surface area contributed by atoms with Gasteiger partial charge < -0.3 is 16.4 Å². The summed E-state index contributed by atoms with van der Waals surface area (Å²) in [6, 6.07) is 9.68. The molecule has 0 radical (unpaired) electrons. The van der Waals surface area contributed by atoms with Gasteiger partial charge in [-0.3, -0.25) is 4.79 Å². The molecule has 3 aromatic heterocycles. The van der Waals surface area contributed by atoms with Crippen molar-refractivity contribution in [3.05, 3.63) is 77.5 Å². The molecule has 1 unspecified atom stereocenters. The Morgan fingerprint density at radius 2 is 1.90 bits per heavy atom. The van der Waals surface area contributed by atoms with Crippen molar-refractivity contribution >= 4 is 22.8 Å². The average molecular weight is 555 g/mol. The predicted molar refractivity (Wildman–Crippen MR) is 141 cm³/mol. The van der Waals surface area contributed by atoms with Gasteiger partial charge in [-0.2, -0.15) is 18.3 Å². The first-order chi connectivity index (χ1) is 18.7. The number of carbonyl (C=O) groups excluding carboxylic acids is 1. The maximum absolute atomic E-state index is 14.4. The minimum absolute atomic E-state index is 0.0264. The van der Waals surface area contributed by atoms with E-state index >= 15 is 0 Å². The monoisotopic (exact) mass is 554 g/mol. The number of aromatic nitrogens is 5. The van der Waals surface area contributed by atoms with Gasteiger partial charge >= 0.3 is 6.18 Å². The summed E-state index contributed by atoms with van der Waals surface area (Å²) in [6.07, 6.45) is -3.18. The Kier molecular flexibility index (Phi) is 6.37. The Bertz CT molecular complexity index is 1660. The van der Waals surface area contributed by atoms with Crippen LogP contribution in [0.15, 0.2) is 54.9 Å². The largest absolute Gasteiger partial charge is 0.407 e. The van der Waals surface area contributed by atoms with Crippen molar-refractivity contribution in [2.45, 2.75) is 44.4 Å². The van der Waals surface area contributed by atoms with E-state index in [4.69, 9.17) is 5.73 Å². The normalized spacial score (nSPS) is 15.9. The second kappa shape index (κ2) is 9.37. The van der Waals surface area contributed by atoms with Gasteiger partial charge in [-0.1, -0.05) is 38.6 Å². The first-order valence-electron chi connectivity index (χ1n) is 12.3. The molecule has 0 saturated heterocycles. The molecule has 4 aromatic rings. The van der Waals surface area contributed by atoms with Gasteiger partial charge in [0, 0.05) is 35.0 Å². The van der Waals surface area contributed by atoms with Gasteiger partial charge in [0.1, 0.15) is 28.6 Å². The summed E-state index contributed by atoms with van der Waals surface area (Å²) in [5.41, 5.74) is 3.77. The number of carbonyl (C=O) groups is 1. The number of hydrogen-bond acceptors (Lipinski definition) is 7. The van der Waals surface area contributed by atoms with E-state index in [0.717, 1.165) is 6.92 Å². The Labute approximate surface area is 226 Å². The highest BCUT2D eigenvalue weighted by molar-refractivity contribution is 5.98. The van der Waals surface area contributed by atoms with Crippen LogP contribution in [0.4, 0.5) is 23.4 Å². The summed E-state index contributed by atoms with van der Waals surface area (Å²) >= 11 is 0. The number of anilines is 1. The first kappa shape index (κ1) is 27.2. The van der Waals surface area contributed by atoms with Crippen molar-refractivity contribution in [1.82, 2.24) is 30.0 Å². The zero-order chi connectivity index (χ0) is 29.0. The SMILES string of the molecule is C=C1Nc2nc(-c3nn(Cc4ccccc4F)c4ncccc34)nc(C(=O)NCC(C)(N)C(F)(F)F)c2C1(C)C. The number of pyridine rings is 1. The van der Waals surface area contributed by atoms with Gasteiger partial charge in [0.15, 0.2) is 11.5 Å². The minimum atomic E-state index is -4.74. The molecule has 4 heterocycles. The molecule has 0 saturated carbocycles. The molecule has 0 bridgehead atoms. The van der Waals surface area contributed by atoms with E-state index in [1.165, 1.54) is 10.7 Å². The van der Waals surface area contributed by atoms with Crippen LogP contribution in [0.25, 0.3) is 22.6 Å². The fraction of sp³-hybridized carbons (Fsp3) is 0.296. The number of rotatable bonds is 6. The van der Waals surface area contributed by atoms with E-state index < -0.39 is 35.4 Å². The number of fused-ring (bicyclic) bond motifs is 2. The Hall–Kier alpha value is -4.39. The smallest absolute Gasteiger partial charge is 0.348 e. The highest BCUT2D eigenvalue weighted by Gasteiger charge is 2.48. The Morgan fingerprint density at radius 1 is 1.18 bits per heavy atom. The van der Waals surface area contributed by atoms with Crippen LogP contribution in [-0.4, -0.2) is 48.9 Å². The van der Waals surface area contributed by atoms with Crippen molar-refractivity contribution in [2.75, 3.05) is 11.9 Å². The molecule has 1 aliphatic heterocycles. The van der Waals surface area contributed by atoms with Crippen LogP contribution in [0.3, 0.4) is 0 Å². The Balaban J connectivity index is 1.62. The van der Waals surface area contributed by atoms with Gasteiger partial charge in [-0.25, -0.2) is 24.0 Å². The number of nitrogens with zero attached hydrogens (tertiary/aromatic N) is 5. The van der Waals surface area contributed by atoms with Crippen molar-refractivity contribution < 1.29 is 22.4 Å². The molecule has 13 heteroatoms. The lowest BCUT2D eigenvalue weighted by atomic mass is 9.84. The van der Waals surface area contributed by atoms with Crippen LogP contribution in [0.2, 0.25) is 0 Å². The summed E-state index contributed by atoms with van der Waals surface area (Å²) < 4.78 is 55.9. The second-order valence-corrected chi connectivity index (χ2v) is 10.4. The minimum Gasteiger partial charge on any atom is -0.348 e. The summed E-state index contributed by atoms with van der Waals surface area (Å²) in [4.78, 5) is 26.8. The van der Waals surface area contributed by atoms with E-state index in [-0.39, 0.29) is 29.6 Å². The number of halogens is 4. The number of amides is 1. The van der Waals surface area contributed by atoms with Crippen LogP contribution in [0.5, 0.6) is 0 Å². The first-order valence-corrected chi connectivity index (χ1v) is 12.3. The predicted octanol–water partition coefficient (Wildman–Crippen LogP) is 4.30. The molecule has 4 N–H and O–H groups in total. The van der Waals surface area contributed by atoms with E-state index in [2.05, 4.69) is 37.3 Å². The number of allylic oxidation sites excluding steroid dienone is 1. The van der Waals surface area contributed by atoms with Gasteiger partial charge in [-0.15, -0.1) is 0 Å². The van der Waals surface area contributed by atoms with Crippen LogP contribution >= 0.6 is 0 Å². The zero-order valence-electron chi connectivity index (χ0n) is 21.9. The lowest BCUT2D eigenvalue weighted by Crippen LogP contribution is -2.58. The molecular formula is C27H26F4N8O. The van der Waals surface area contributed by atoms with Crippen molar-refractivity contribution in [1.29, 1.82) is 0 Å². The summed E-state index contributed by atoms with van der Waals surface area (Å²) in [6.45, 7) is 7.57. The molecule has 1 aliphatic rings. The van der Waals surface area contributed by atoms with E-state index in [1.54, 1.807) is 50.4 Å². The van der Waals surface area contributed by atoms with E-state index in [1.807, 2.05) is 0 Å². The molecule has 9 nitrogen and oxygen atoms in total. The number of benzene rings is 1. The van der Waals surface area contributed by atoms with Gasteiger partial charge in [0.05, 0.1) is 11.9 Å². The standard InChI is InChI=1S/C27H26F4N8O/c1-14-25(2,3)18-20(24(40)34-13-26(4,32)27(29,30)31)36-22(37-21(18)35-14)19-16-9-7-11-33-23(16)39(38-19)12-15-8-5-6-10-17(15)28/h5-11H,1,12-13,32H2,2-4H3,(H,34,40)(H,35,36,37). The maximum atomic E-state index is 14.4. The quantitative estimate of drug-likeness (QED) is 0.304. The maximum Gasteiger partial charge on any atom is 0.407 e. The average Bonchev–Trinajstić information content (AvgIpc) is 3.36. The molecule has 0 spiro atoms. The summed E-state index contributed by atoms with van der Waals surface area (Å²) in [7, 11) is 0. The van der Waals surface area contributed by atoms with Gasteiger partial charge in [0.2, 0.25) is 0 Å². The highest BCUT2D eigenvalue weighted by atomic mass is 19.4. The molecule has 1 atom stereocenters. The Morgan fingerprint density at radius 3 is 2.60 bits per heavy atom. The van der Waals surface area contributed by atoms with Crippen molar-refractivity contribution in [2.24, 2.45) is 5.73 Å². The van der Waals surface area contributed by atoms with Crippen LogP contribution < -0.4 is 16.4 Å². The second-order valence-electron chi connectivity index (χ2n) is 10.4. The highest BCUT2D eigenvalue weighted by Crippen LogP contribution is 2.44. The van der Waals surface area contributed by atoms with Gasteiger partial charge in [-0.05, 0) is 25.1 Å². The molecule has 0 fully saturated rings. The molecular weight excluding hydrogens is 528 g/mol. The lowest BCUT2D eigenvalue weighted by molar-refractivity contribution is -0.178. The van der Waals surface area contributed by atoms with Crippen molar-refractivity contribution in [3.8, 4) is 11.5 Å². The number of alkyl halides is 3. The molecule has 1 amide bonds. The summed E-state index contributed by atoms with van der Waals surface area (Å²) in [5, 5.41) is 10.5. The molecule has 208 valence electrons.